The monoisotopic (exact) mass is 409 g/mol. The smallest absolute Gasteiger partial charge is 0.413 e. The SMILES string of the molecule is CC(C)(C)OC(=O)NC1=N[C@@]2(c3cc([N+](=O)[O-])ccc3F)CCC[C@@]2(C)CS1. The first-order valence-corrected chi connectivity index (χ1v) is 10.1. The quantitative estimate of drug-likeness (QED) is 0.562. The third-order valence-corrected chi connectivity index (χ3v) is 6.55. The standard InChI is InChI=1S/C19H24FN3O4S/c1-17(2,3)27-16(24)21-15-22-19(9-5-8-18(19,4)11-28-15)13-10-12(23(25)26)6-7-14(13)20/h6-7,10H,5,8-9,11H2,1-4H3,(H,21,22,24)/t18-,19+/m0/s1. The Morgan fingerprint density at radius 3 is 2.75 bits per heavy atom. The van der Waals surface area contributed by atoms with Gasteiger partial charge in [-0.3, -0.25) is 15.4 Å². The van der Waals surface area contributed by atoms with Crippen LogP contribution in [-0.2, 0) is 10.3 Å². The Morgan fingerprint density at radius 1 is 1.39 bits per heavy atom. The van der Waals surface area contributed by atoms with Crippen molar-refractivity contribution in [1.29, 1.82) is 0 Å². The number of nitro benzene ring substituents is 1. The van der Waals surface area contributed by atoms with Crippen LogP contribution in [0.3, 0.4) is 0 Å². The van der Waals surface area contributed by atoms with Gasteiger partial charge in [-0.1, -0.05) is 18.7 Å². The lowest BCUT2D eigenvalue weighted by Gasteiger charge is -2.44. The van der Waals surface area contributed by atoms with Crippen molar-refractivity contribution < 1.29 is 18.8 Å². The van der Waals surface area contributed by atoms with E-state index in [4.69, 9.17) is 9.73 Å². The summed E-state index contributed by atoms with van der Waals surface area (Å²) in [5.74, 6) is 0.0926. The number of halogens is 1. The number of hydrogen-bond donors (Lipinski definition) is 1. The number of nitrogens with one attached hydrogen (secondary N) is 1. The van der Waals surface area contributed by atoms with Crippen molar-refractivity contribution in [2.45, 2.75) is 58.1 Å². The summed E-state index contributed by atoms with van der Waals surface area (Å²) in [7, 11) is 0. The van der Waals surface area contributed by atoms with E-state index in [1.807, 2.05) is 6.92 Å². The van der Waals surface area contributed by atoms with Gasteiger partial charge in [-0.2, -0.15) is 0 Å². The second kappa shape index (κ2) is 7.02. The Bertz CT molecular complexity index is 854. The average Bonchev–Trinajstić information content (AvgIpc) is 2.90. The molecule has 2 aliphatic rings. The van der Waals surface area contributed by atoms with Crippen LogP contribution in [0.4, 0.5) is 14.9 Å². The van der Waals surface area contributed by atoms with E-state index >= 15 is 0 Å². The molecule has 0 unspecified atom stereocenters. The molecule has 1 aromatic carbocycles. The highest BCUT2D eigenvalue weighted by molar-refractivity contribution is 8.13. The highest BCUT2D eigenvalue weighted by Gasteiger charge is 2.56. The van der Waals surface area contributed by atoms with Gasteiger partial charge in [-0.05, 0) is 46.1 Å². The van der Waals surface area contributed by atoms with Crippen molar-refractivity contribution in [3.8, 4) is 0 Å². The highest BCUT2D eigenvalue weighted by atomic mass is 32.2. The summed E-state index contributed by atoms with van der Waals surface area (Å²) in [6.07, 6.45) is 1.57. The molecule has 0 spiro atoms. The summed E-state index contributed by atoms with van der Waals surface area (Å²) in [6.45, 7) is 7.31. The second-order valence-electron chi connectivity index (χ2n) is 8.53. The van der Waals surface area contributed by atoms with Crippen molar-refractivity contribution in [3.05, 3.63) is 39.7 Å². The molecule has 0 aromatic heterocycles. The Hall–Kier alpha value is -2.16. The molecule has 1 fully saturated rings. The number of ether oxygens (including phenoxy) is 1. The Balaban J connectivity index is 2.03. The zero-order chi connectivity index (χ0) is 20.7. The van der Waals surface area contributed by atoms with Gasteiger partial charge in [0.25, 0.3) is 5.69 Å². The van der Waals surface area contributed by atoms with Gasteiger partial charge in [0.1, 0.15) is 11.4 Å². The third-order valence-electron chi connectivity index (χ3n) is 5.30. The lowest BCUT2D eigenvalue weighted by Crippen LogP contribution is -2.47. The molecule has 3 rings (SSSR count). The fraction of sp³-hybridized carbons (Fsp3) is 0.579. The minimum absolute atomic E-state index is 0.171. The number of thioether (sulfide) groups is 1. The van der Waals surface area contributed by atoms with E-state index < -0.39 is 28.0 Å². The number of fused-ring (bicyclic) bond motifs is 1. The molecule has 28 heavy (non-hydrogen) atoms. The van der Waals surface area contributed by atoms with Crippen molar-refractivity contribution in [1.82, 2.24) is 5.32 Å². The van der Waals surface area contributed by atoms with E-state index in [1.165, 1.54) is 17.8 Å². The second-order valence-corrected chi connectivity index (χ2v) is 9.49. The summed E-state index contributed by atoms with van der Waals surface area (Å²) in [5, 5.41) is 14.2. The van der Waals surface area contributed by atoms with Gasteiger partial charge in [0, 0.05) is 28.9 Å². The van der Waals surface area contributed by atoms with E-state index in [9.17, 15) is 19.3 Å². The van der Waals surface area contributed by atoms with Crippen molar-refractivity contribution in [2.24, 2.45) is 10.4 Å². The third kappa shape index (κ3) is 3.72. The van der Waals surface area contributed by atoms with Crippen LogP contribution in [-0.4, -0.2) is 27.5 Å². The van der Waals surface area contributed by atoms with Gasteiger partial charge in [0.05, 0.1) is 10.5 Å². The summed E-state index contributed by atoms with van der Waals surface area (Å²) in [4.78, 5) is 27.6. The van der Waals surface area contributed by atoms with Crippen LogP contribution < -0.4 is 5.32 Å². The van der Waals surface area contributed by atoms with Crippen LogP contribution in [0.25, 0.3) is 0 Å². The maximum atomic E-state index is 14.8. The zero-order valence-corrected chi connectivity index (χ0v) is 17.2. The Labute approximate surface area is 167 Å². The molecule has 1 aliphatic carbocycles. The first kappa shape index (κ1) is 20.6. The summed E-state index contributed by atoms with van der Waals surface area (Å²) >= 11 is 1.38. The van der Waals surface area contributed by atoms with E-state index in [2.05, 4.69) is 5.32 Å². The Morgan fingerprint density at radius 2 is 2.11 bits per heavy atom. The number of amidine groups is 1. The van der Waals surface area contributed by atoms with Crippen LogP contribution in [0.15, 0.2) is 23.2 Å². The number of aliphatic imine (C=N–C) groups is 1. The maximum Gasteiger partial charge on any atom is 0.413 e. The molecule has 0 saturated heterocycles. The summed E-state index contributed by atoms with van der Waals surface area (Å²) in [6, 6.07) is 3.56. The van der Waals surface area contributed by atoms with Crippen LogP contribution in [0.5, 0.6) is 0 Å². The van der Waals surface area contributed by atoms with Gasteiger partial charge in [0.15, 0.2) is 5.17 Å². The fourth-order valence-corrected chi connectivity index (χ4v) is 5.19. The van der Waals surface area contributed by atoms with Gasteiger partial charge in [0.2, 0.25) is 0 Å². The molecule has 2 atom stereocenters. The molecular formula is C19H24FN3O4S. The molecular weight excluding hydrogens is 385 g/mol. The fourth-order valence-electron chi connectivity index (χ4n) is 3.98. The lowest BCUT2D eigenvalue weighted by atomic mass is 9.70. The lowest BCUT2D eigenvalue weighted by molar-refractivity contribution is -0.385. The number of hydrogen-bond acceptors (Lipinski definition) is 6. The number of benzene rings is 1. The number of amides is 1. The predicted molar refractivity (Wildman–Crippen MR) is 106 cm³/mol. The van der Waals surface area contributed by atoms with E-state index in [0.29, 0.717) is 17.3 Å². The zero-order valence-electron chi connectivity index (χ0n) is 16.4. The molecule has 0 radical (unpaired) electrons. The molecule has 1 saturated carbocycles. The molecule has 1 aromatic rings. The average molecular weight is 409 g/mol. The number of alkyl carbamates (subject to hydrolysis) is 1. The normalized spacial score (nSPS) is 27.0. The minimum atomic E-state index is -0.960. The van der Waals surface area contributed by atoms with Crippen LogP contribution in [0.2, 0.25) is 0 Å². The Kier molecular flexibility index (Phi) is 5.16. The van der Waals surface area contributed by atoms with E-state index in [1.54, 1.807) is 20.8 Å². The highest BCUT2D eigenvalue weighted by Crippen LogP contribution is 2.59. The van der Waals surface area contributed by atoms with E-state index in [0.717, 1.165) is 25.0 Å². The number of carbonyl (C=O) groups is 1. The van der Waals surface area contributed by atoms with Crippen molar-refractivity contribution >= 4 is 28.7 Å². The minimum Gasteiger partial charge on any atom is -0.444 e. The molecule has 1 N–H and O–H groups in total. The van der Waals surface area contributed by atoms with Crippen molar-refractivity contribution in [3.63, 3.8) is 0 Å². The predicted octanol–water partition coefficient (Wildman–Crippen LogP) is 4.75. The molecule has 152 valence electrons. The van der Waals surface area contributed by atoms with Gasteiger partial charge >= 0.3 is 6.09 Å². The number of carbonyl (C=O) groups excluding carboxylic acids is 1. The number of rotatable bonds is 2. The summed E-state index contributed by atoms with van der Waals surface area (Å²) in [5.41, 5.74) is -1.94. The topological polar surface area (TPSA) is 93.8 Å². The number of non-ortho nitro benzene ring substituents is 1. The van der Waals surface area contributed by atoms with Crippen LogP contribution >= 0.6 is 11.8 Å². The number of nitro groups is 1. The maximum absolute atomic E-state index is 14.8. The first-order chi connectivity index (χ1) is 13.0. The molecule has 1 amide bonds. The molecule has 1 heterocycles. The van der Waals surface area contributed by atoms with Gasteiger partial charge in [-0.15, -0.1) is 0 Å². The first-order valence-electron chi connectivity index (χ1n) is 9.13. The molecule has 7 nitrogen and oxygen atoms in total. The summed E-state index contributed by atoms with van der Waals surface area (Å²) < 4.78 is 20.1. The molecule has 0 bridgehead atoms. The van der Waals surface area contributed by atoms with E-state index in [-0.39, 0.29) is 16.7 Å². The van der Waals surface area contributed by atoms with Crippen molar-refractivity contribution in [2.75, 3.05) is 5.75 Å². The van der Waals surface area contributed by atoms with Gasteiger partial charge in [-0.25, -0.2) is 14.2 Å². The van der Waals surface area contributed by atoms with Crippen LogP contribution in [0.1, 0.15) is 52.5 Å². The largest absolute Gasteiger partial charge is 0.444 e. The number of nitrogens with zero attached hydrogens (tertiary/aromatic N) is 2. The van der Waals surface area contributed by atoms with Gasteiger partial charge < -0.3 is 4.74 Å². The molecule has 1 aliphatic heterocycles. The van der Waals surface area contributed by atoms with Crippen LogP contribution in [0, 0.1) is 21.3 Å². The molecule has 9 heteroatoms.